The molecular formula is C14H18N2O2. The first-order chi connectivity index (χ1) is 8.69. The van der Waals surface area contributed by atoms with Crippen molar-refractivity contribution in [1.82, 2.24) is 5.32 Å². The van der Waals surface area contributed by atoms with Crippen molar-refractivity contribution in [2.24, 2.45) is 0 Å². The van der Waals surface area contributed by atoms with Gasteiger partial charge in [0.2, 0.25) is 0 Å². The monoisotopic (exact) mass is 246 g/mol. The molecule has 0 spiro atoms. The zero-order valence-electron chi connectivity index (χ0n) is 10.7. The zero-order chi connectivity index (χ0) is 13.4. The number of ether oxygens (including phenoxy) is 1. The molecule has 2 unspecified atom stereocenters. The van der Waals surface area contributed by atoms with Crippen molar-refractivity contribution in [2.75, 3.05) is 6.61 Å². The molecule has 4 nitrogen and oxygen atoms in total. The molecule has 1 aromatic rings. The van der Waals surface area contributed by atoms with Crippen molar-refractivity contribution < 1.29 is 9.53 Å². The highest BCUT2D eigenvalue weighted by molar-refractivity contribution is 5.75. The summed E-state index contributed by atoms with van der Waals surface area (Å²) in [6, 6.07) is 11.2. The third-order valence-electron chi connectivity index (χ3n) is 2.59. The van der Waals surface area contributed by atoms with E-state index in [0.717, 1.165) is 5.56 Å². The Morgan fingerprint density at radius 1 is 1.44 bits per heavy atom. The van der Waals surface area contributed by atoms with Crippen LogP contribution in [0, 0.1) is 11.3 Å². The average molecular weight is 246 g/mol. The summed E-state index contributed by atoms with van der Waals surface area (Å²) in [5.41, 5.74) is 0.996. The number of esters is 1. The second-order valence-electron chi connectivity index (χ2n) is 3.97. The molecule has 0 heterocycles. The molecule has 2 atom stereocenters. The van der Waals surface area contributed by atoms with Gasteiger partial charge in [-0.15, -0.1) is 0 Å². The summed E-state index contributed by atoms with van der Waals surface area (Å²) >= 11 is 0. The first kappa shape index (κ1) is 14.2. The summed E-state index contributed by atoms with van der Waals surface area (Å²) in [4.78, 5) is 11.5. The number of carbonyl (C=O) groups excluding carboxylic acids is 1. The smallest absolute Gasteiger partial charge is 0.322 e. The van der Waals surface area contributed by atoms with E-state index in [9.17, 15) is 4.79 Å². The van der Waals surface area contributed by atoms with Gasteiger partial charge in [-0.05, 0) is 19.4 Å². The van der Waals surface area contributed by atoms with Crippen molar-refractivity contribution in [3.8, 4) is 6.07 Å². The lowest BCUT2D eigenvalue weighted by Gasteiger charge is -2.20. The summed E-state index contributed by atoms with van der Waals surface area (Å²) in [5.74, 6) is -0.295. The highest BCUT2D eigenvalue weighted by Gasteiger charge is 2.19. The van der Waals surface area contributed by atoms with Crippen molar-refractivity contribution in [1.29, 1.82) is 5.26 Å². The third kappa shape index (κ3) is 4.19. The van der Waals surface area contributed by atoms with Crippen LogP contribution in [0.5, 0.6) is 0 Å². The van der Waals surface area contributed by atoms with Gasteiger partial charge < -0.3 is 4.74 Å². The standard InChI is InChI=1S/C14H18N2O2/c1-3-18-14(17)11(2)16-13(9-10-15)12-7-5-4-6-8-12/h4-8,11,13,16H,3,9H2,1-2H3. The van der Waals surface area contributed by atoms with Crippen LogP contribution in [0.25, 0.3) is 0 Å². The first-order valence-corrected chi connectivity index (χ1v) is 6.03. The van der Waals surface area contributed by atoms with Crippen LogP contribution in [0.15, 0.2) is 30.3 Å². The maximum Gasteiger partial charge on any atom is 0.322 e. The van der Waals surface area contributed by atoms with Crippen LogP contribution >= 0.6 is 0 Å². The molecule has 0 saturated heterocycles. The molecule has 1 N–H and O–H groups in total. The maximum atomic E-state index is 11.5. The van der Waals surface area contributed by atoms with E-state index >= 15 is 0 Å². The fourth-order valence-corrected chi connectivity index (χ4v) is 1.69. The van der Waals surface area contributed by atoms with E-state index in [4.69, 9.17) is 10.00 Å². The number of benzene rings is 1. The summed E-state index contributed by atoms with van der Waals surface area (Å²) in [7, 11) is 0. The highest BCUT2D eigenvalue weighted by Crippen LogP contribution is 2.16. The van der Waals surface area contributed by atoms with E-state index in [0.29, 0.717) is 13.0 Å². The Bertz CT molecular complexity index is 412. The van der Waals surface area contributed by atoms with E-state index in [1.54, 1.807) is 13.8 Å². The first-order valence-electron chi connectivity index (χ1n) is 6.03. The second-order valence-corrected chi connectivity index (χ2v) is 3.97. The van der Waals surface area contributed by atoms with Crippen molar-refractivity contribution in [3.05, 3.63) is 35.9 Å². The minimum Gasteiger partial charge on any atom is -0.465 e. The van der Waals surface area contributed by atoms with Gasteiger partial charge in [0, 0.05) is 6.04 Å². The van der Waals surface area contributed by atoms with Crippen molar-refractivity contribution in [2.45, 2.75) is 32.4 Å². The molecule has 0 aliphatic heterocycles. The van der Waals surface area contributed by atoms with Crippen LogP contribution in [0.1, 0.15) is 31.9 Å². The molecule has 0 radical (unpaired) electrons. The fourth-order valence-electron chi connectivity index (χ4n) is 1.69. The van der Waals surface area contributed by atoms with Crippen molar-refractivity contribution >= 4 is 5.97 Å². The molecule has 96 valence electrons. The van der Waals surface area contributed by atoms with Gasteiger partial charge in [-0.3, -0.25) is 10.1 Å². The molecule has 0 saturated carbocycles. The van der Waals surface area contributed by atoms with E-state index < -0.39 is 6.04 Å². The van der Waals surface area contributed by atoms with Crippen LogP contribution in [0.4, 0.5) is 0 Å². The van der Waals surface area contributed by atoms with Crippen LogP contribution in [-0.2, 0) is 9.53 Å². The van der Waals surface area contributed by atoms with Gasteiger partial charge in [-0.25, -0.2) is 0 Å². The molecule has 18 heavy (non-hydrogen) atoms. The van der Waals surface area contributed by atoms with Crippen LogP contribution in [0.3, 0.4) is 0 Å². The Kier molecular flexibility index (Phi) is 5.89. The molecule has 0 aliphatic rings. The Labute approximate surface area is 108 Å². The largest absolute Gasteiger partial charge is 0.465 e. The van der Waals surface area contributed by atoms with Gasteiger partial charge in [0.05, 0.1) is 19.1 Å². The van der Waals surface area contributed by atoms with E-state index in [1.807, 2.05) is 30.3 Å². The molecule has 4 heteroatoms. The third-order valence-corrected chi connectivity index (χ3v) is 2.59. The van der Waals surface area contributed by atoms with Gasteiger partial charge >= 0.3 is 5.97 Å². The number of carbonyl (C=O) groups is 1. The van der Waals surface area contributed by atoms with E-state index in [1.165, 1.54) is 0 Å². The van der Waals surface area contributed by atoms with Crippen LogP contribution in [0.2, 0.25) is 0 Å². The SMILES string of the molecule is CCOC(=O)C(C)NC(CC#N)c1ccccc1. The fraction of sp³-hybridized carbons (Fsp3) is 0.429. The lowest BCUT2D eigenvalue weighted by Crippen LogP contribution is -2.38. The maximum absolute atomic E-state index is 11.5. The van der Waals surface area contributed by atoms with E-state index in [-0.39, 0.29) is 12.0 Å². The summed E-state index contributed by atoms with van der Waals surface area (Å²) in [6.45, 7) is 3.87. The topological polar surface area (TPSA) is 62.1 Å². The predicted octanol–water partition coefficient (Wildman–Crippen LogP) is 2.18. The molecule has 0 aromatic heterocycles. The second kappa shape index (κ2) is 7.46. The molecule has 0 aliphatic carbocycles. The zero-order valence-corrected chi connectivity index (χ0v) is 10.7. The molecule has 0 amide bonds. The quantitative estimate of drug-likeness (QED) is 0.781. The molecular weight excluding hydrogens is 228 g/mol. The van der Waals surface area contributed by atoms with Crippen LogP contribution < -0.4 is 5.32 Å². The Balaban J connectivity index is 2.70. The van der Waals surface area contributed by atoms with Crippen molar-refractivity contribution in [3.63, 3.8) is 0 Å². The predicted molar refractivity (Wildman–Crippen MR) is 68.6 cm³/mol. The lowest BCUT2D eigenvalue weighted by atomic mass is 10.0. The summed E-state index contributed by atoms with van der Waals surface area (Å²) in [5, 5.41) is 12.0. The number of nitrogens with zero attached hydrogens (tertiary/aromatic N) is 1. The number of hydrogen-bond donors (Lipinski definition) is 1. The Hall–Kier alpha value is -1.86. The van der Waals surface area contributed by atoms with Gasteiger partial charge in [0.15, 0.2) is 0 Å². The number of nitriles is 1. The average Bonchev–Trinajstić information content (AvgIpc) is 2.39. The molecule has 0 fully saturated rings. The van der Waals surface area contributed by atoms with Gasteiger partial charge in [-0.1, -0.05) is 30.3 Å². The highest BCUT2D eigenvalue weighted by atomic mass is 16.5. The lowest BCUT2D eigenvalue weighted by molar-refractivity contribution is -0.145. The minimum atomic E-state index is -0.427. The summed E-state index contributed by atoms with van der Waals surface area (Å²) in [6.07, 6.45) is 0.313. The molecule has 1 rings (SSSR count). The van der Waals surface area contributed by atoms with Crippen LogP contribution in [-0.4, -0.2) is 18.6 Å². The number of hydrogen-bond acceptors (Lipinski definition) is 4. The number of rotatable bonds is 6. The minimum absolute atomic E-state index is 0.157. The normalized spacial score (nSPS) is 13.4. The molecule has 0 bridgehead atoms. The number of nitrogens with one attached hydrogen (secondary N) is 1. The van der Waals surface area contributed by atoms with Gasteiger partial charge in [0.25, 0.3) is 0 Å². The molecule has 1 aromatic carbocycles. The van der Waals surface area contributed by atoms with E-state index in [2.05, 4.69) is 11.4 Å². The van der Waals surface area contributed by atoms with Gasteiger partial charge in [0.1, 0.15) is 6.04 Å². The Morgan fingerprint density at radius 2 is 2.11 bits per heavy atom. The van der Waals surface area contributed by atoms with Gasteiger partial charge in [-0.2, -0.15) is 5.26 Å². The Morgan fingerprint density at radius 3 is 2.67 bits per heavy atom. The summed E-state index contributed by atoms with van der Waals surface area (Å²) < 4.78 is 4.93.